The summed E-state index contributed by atoms with van der Waals surface area (Å²) >= 11 is 0. The van der Waals surface area contributed by atoms with Crippen LogP contribution in [0, 0.1) is 5.92 Å². The van der Waals surface area contributed by atoms with Gasteiger partial charge in [0.1, 0.15) is 12.0 Å². The Bertz CT molecular complexity index is 625. The number of hydrogen-bond acceptors (Lipinski definition) is 7. The first-order valence-corrected chi connectivity index (χ1v) is 9.11. The van der Waals surface area contributed by atoms with Gasteiger partial charge in [-0.15, -0.1) is 0 Å². The molecular weight excluding hydrogens is 316 g/mol. The standard InChI is InChI=1S/C18H28N6O/c1-22-7-3-11-25-15-5-2-4-14(12-15)16-13-20-24-8-6-17(21-18(16)24)23(19)10-9-22/h2,4-6,8,14,17,20-21H,3,7,9-13,19H2,1H3. The molecule has 0 saturated heterocycles. The lowest BCUT2D eigenvalue weighted by atomic mass is 9.91. The van der Waals surface area contributed by atoms with Gasteiger partial charge in [0.05, 0.1) is 12.4 Å². The molecule has 0 spiro atoms. The summed E-state index contributed by atoms with van der Waals surface area (Å²) in [4.78, 5) is 2.31. The smallest absolute Gasteiger partial charge is 0.123 e. The number of hydrogen-bond donors (Lipinski definition) is 3. The Labute approximate surface area is 149 Å². The van der Waals surface area contributed by atoms with Gasteiger partial charge in [0.25, 0.3) is 0 Å². The summed E-state index contributed by atoms with van der Waals surface area (Å²) < 4.78 is 6.03. The van der Waals surface area contributed by atoms with E-state index in [0.717, 1.165) is 57.2 Å². The molecule has 7 heteroatoms. The van der Waals surface area contributed by atoms with Gasteiger partial charge in [-0.3, -0.25) is 10.9 Å². The van der Waals surface area contributed by atoms with Crippen molar-refractivity contribution >= 4 is 0 Å². The summed E-state index contributed by atoms with van der Waals surface area (Å²) in [6, 6.07) is 0. The Morgan fingerprint density at radius 1 is 1.24 bits per heavy atom. The van der Waals surface area contributed by atoms with Crippen molar-refractivity contribution in [3.63, 3.8) is 0 Å². The molecule has 2 unspecified atom stereocenters. The van der Waals surface area contributed by atoms with Crippen LogP contribution >= 0.6 is 0 Å². The average molecular weight is 344 g/mol. The maximum atomic E-state index is 6.32. The van der Waals surface area contributed by atoms with E-state index in [0.29, 0.717) is 5.92 Å². The SMILES string of the molecule is CN1CCCOC2=CC=CC(C2)C2=C3NC(C=CN3NC2)N(N)CC1. The summed E-state index contributed by atoms with van der Waals surface area (Å²) in [7, 11) is 2.14. The minimum Gasteiger partial charge on any atom is -0.498 e. The van der Waals surface area contributed by atoms with Crippen molar-refractivity contribution in [3.8, 4) is 0 Å². The van der Waals surface area contributed by atoms with E-state index in [1.54, 1.807) is 0 Å². The quantitative estimate of drug-likeness (QED) is 0.551. The molecule has 4 N–H and O–H groups in total. The zero-order valence-corrected chi connectivity index (χ0v) is 14.8. The first-order valence-electron chi connectivity index (χ1n) is 9.11. The molecule has 2 atom stereocenters. The summed E-state index contributed by atoms with van der Waals surface area (Å²) in [5.74, 6) is 8.89. The molecular formula is C18H28N6O. The van der Waals surface area contributed by atoms with Crippen LogP contribution in [0.25, 0.3) is 0 Å². The maximum absolute atomic E-state index is 6.32. The van der Waals surface area contributed by atoms with Gasteiger partial charge in [-0.25, -0.2) is 10.4 Å². The second-order valence-corrected chi connectivity index (χ2v) is 7.08. The van der Waals surface area contributed by atoms with E-state index < -0.39 is 0 Å². The van der Waals surface area contributed by atoms with Crippen LogP contribution in [0.3, 0.4) is 0 Å². The Kier molecular flexibility index (Phi) is 4.80. The van der Waals surface area contributed by atoms with Gasteiger partial charge in [0, 0.05) is 44.7 Å². The molecule has 0 saturated carbocycles. The highest BCUT2D eigenvalue weighted by Crippen LogP contribution is 2.31. The average Bonchev–Trinajstić information content (AvgIpc) is 3.06. The van der Waals surface area contributed by atoms with Gasteiger partial charge in [-0.1, -0.05) is 12.2 Å². The third-order valence-electron chi connectivity index (χ3n) is 5.25. The van der Waals surface area contributed by atoms with Crippen LogP contribution in [-0.2, 0) is 4.74 Å². The lowest BCUT2D eigenvalue weighted by Gasteiger charge is -2.34. The fourth-order valence-electron chi connectivity index (χ4n) is 3.70. The molecule has 7 nitrogen and oxygen atoms in total. The van der Waals surface area contributed by atoms with E-state index in [1.165, 1.54) is 5.57 Å². The second kappa shape index (κ2) is 7.21. The third kappa shape index (κ3) is 3.59. The highest BCUT2D eigenvalue weighted by Gasteiger charge is 2.31. The number of rotatable bonds is 0. The molecule has 136 valence electrons. The zero-order valence-electron chi connectivity index (χ0n) is 14.8. The molecule has 4 rings (SSSR count). The van der Waals surface area contributed by atoms with Crippen molar-refractivity contribution in [2.75, 3.05) is 39.8 Å². The van der Waals surface area contributed by atoms with Crippen LogP contribution < -0.4 is 16.6 Å². The number of nitrogens with zero attached hydrogens (tertiary/aromatic N) is 3. The maximum Gasteiger partial charge on any atom is 0.123 e. The number of fused-ring (bicyclic) bond motifs is 4. The molecule has 0 aromatic rings. The minimum absolute atomic E-state index is 0.0125. The molecule has 0 amide bonds. The topological polar surface area (TPSA) is 69.0 Å². The van der Waals surface area contributed by atoms with Crippen LogP contribution in [-0.4, -0.2) is 60.9 Å². The monoisotopic (exact) mass is 344 g/mol. The summed E-state index contributed by atoms with van der Waals surface area (Å²) in [5.41, 5.74) is 4.78. The van der Waals surface area contributed by atoms with E-state index in [2.05, 4.69) is 58.2 Å². The molecule has 0 aromatic carbocycles. The normalized spacial score (nSPS) is 31.1. The number of hydrazine groups is 2. The lowest BCUT2D eigenvalue weighted by molar-refractivity contribution is 0.153. The van der Waals surface area contributed by atoms with E-state index in [-0.39, 0.29) is 6.17 Å². The van der Waals surface area contributed by atoms with Gasteiger partial charge in [0.15, 0.2) is 0 Å². The Balaban J connectivity index is 1.60. The van der Waals surface area contributed by atoms with Crippen molar-refractivity contribution < 1.29 is 4.74 Å². The van der Waals surface area contributed by atoms with Gasteiger partial charge < -0.3 is 15.0 Å². The fraction of sp³-hybridized carbons (Fsp3) is 0.556. The van der Waals surface area contributed by atoms with Crippen molar-refractivity contribution in [3.05, 3.63) is 47.7 Å². The van der Waals surface area contributed by atoms with Crippen molar-refractivity contribution in [1.29, 1.82) is 0 Å². The highest BCUT2D eigenvalue weighted by molar-refractivity contribution is 5.32. The highest BCUT2D eigenvalue weighted by atomic mass is 16.5. The number of nitrogens with one attached hydrogen (secondary N) is 2. The second-order valence-electron chi connectivity index (χ2n) is 7.08. The minimum atomic E-state index is 0.0125. The predicted octanol–water partition coefficient (Wildman–Crippen LogP) is 0.449. The first kappa shape index (κ1) is 16.7. The largest absolute Gasteiger partial charge is 0.498 e. The Morgan fingerprint density at radius 2 is 2.16 bits per heavy atom. The fourth-order valence-corrected chi connectivity index (χ4v) is 3.70. The summed E-state index contributed by atoms with van der Waals surface area (Å²) in [6.45, 7) is 4.37. The van der Waals surface area contributed by atoms with E-state index in [9.17, 15) is 0 Å². The molecule has 4 aliphatic rings. The molecule has 3 aliphatic heterocycles. The number of allylic oxidation sites excluding steroid dienone is 4. The third-order valence-corrected chi connectivity index (χ3v) is 5.25. The predicted molar refractivity (Wildman–Crippen MR) is 97.2 cm³/mol. The molecule has 3 heterocycles. The zero-order chi connectivity index (χ0) is 17.2. The Morgan fingerprint density at radius 3 is 3.08 bits per heavy atom. The molecule has 25 heavy (non-hydrogen) atoms. The van der Waals surface area contributed by atoms with Crippen molar-refractivity contribution in [1.82, 2.24) is 25.7 Å². The van der Waals surface area contributed by atoms with Crippen LogP contribution in [0.4, 0.5) is 0 Å². The molecule has 0 radical (unpaired) electrons. The van der Waals surface area contributed by atoms with Crippen LogP contribution in [0.1, 0.15) is 12.8 Å². The van der Waals surface area contributed by atoms with Gasteiger partial charge in [0.2, 0.25) is 0 Å². The van der Waals surface area contributed by atoms with E-state index in [4.69, 9.17) is 10.6 Å². The number of ether oxygens (including phenoxy) is 1. The van der Waals surface area contributed by atoms with Crippen LogP contribution in [0.2, 0.25) is 0 Å². The number of likely N-dealkylation sites (N-methyl/N-ethyl adjacent to an activating group) is 1. The van der Waals surface area contributed by atoms with Crippen LogP contribution in [0.5, 0.6) is 0 Å². The van der Waals surface area contributed by atoms with Gasteiger partial charge >= 0.3 is 0 Å². The molecule has 0 aromatic heterocycles. The summed E-state index contributed by atoms with van der Waals surface area (Å²) in [5, 5.41) is 7.54. The van der Waals surface area contributed by atoms with E-state index >= 15 is 0 Å². The van der Waals surface area contributed by atoms with Gasteiger partial charge in [-0.05, 0) is 31.2 Å². The Hall–Kier alpha value is -1.80. The number of nitrogens with two attached hydrogens (primary N) is 1. The van der Waals surface area contributed by atoms with Gasteiger partial charge in [-0.2, -0.15) is 0 Å². The van der Waals surface area contributed by atoms with Crippen LogP contribution in [0.15, 0.2) is 47.7 Å². The molecule has 4 bridgehead atoms. The molecule has 1 aliphatic carbocycles. The van der Waals surface area contributed by atoms with E-state index in [1.807, 2.05) is 5.01 Å². The first-order chi connectivity index (χ1) is 12.2. The summed E-state index contributed by atoms with van der Waals surface area (Å²) in [6.07, 6.45) is 12.6. The molecule has 0 fully saturated rings. The van der Waals surface area contributed by atoms with Crippen molar-refractivity contribution in [2.45, 2.75) is 19.0 Å². The lowest BCUT2D eigenvalue weighted by Crippen LogP contribution is -2.54. The van der Waals surface area contributed by atoms with Crippen molar-refractivity contribution in [2.24, 2.45) is 11.8 Å².